The minimum atomic E-state index is -2.31. The molecule has 18 N–H and O–H groups in total. The van der Waals surface area contributed by atoms with E-state index in [1.165, 1.54) is 18.6 Å². The number of nitrogens with two attached hydrogens (primary N) is 2. The monoisotopic (exact) mass is 1180 g/mol. The second-order valence-corrected chi connectivity index (χ2v) is 22.0. The number of amides is 7. The molecular formula is C54H91N11O18. The normalized spacial score (nSPS) is 27.1. The molecule has 1 aromatic rings. The predicted molar refractivity (Wildman–Crippen MR) is 298 cm³/mol. The van der Waals surface area contributed by atoms with Crippen LogP contribution in [-0.2, 0) is 38.4 Å². The number of carboxylic acid groups (broad SMARTS) is 1. The number of carboxylic acids is 1. The summed E-state index contributed by atoms with van der Waals surface area (Å²) in [6.07, 6.45) is -8.65. The van der Waals surface area contributed by atoms with Crippen LogP contribution in [0.5, 0.6) is 5.75 Å². The van der Waals surface area contributed by atoms with Gasteiger partial charge in [-0.3, -0.25) is 38.4 Å². The number of benzene rings is 1. The molecule has 0 unspecified atom stereocenters. The van der Waals surface area contributed by atoms with Crippen molar-refractivity contribution in [2.45, 2.75) is 210 Å². The van der Waals surface area contributed by atoms with Gasteiger partial charge in [-0.05, 0) is 68.7 Å². The lowest BCUT2D eigenvalue weighted by molar-refractivity contribution is -0.148. The molecule has 0 radical (unpaired) electrons. The van der Waals surface area contributed by atoms with E-state index in [0.717, 1.165) is 74.3 Å². The molecule has 1 aromatic carbocycles. The first-order chi connectivity index (χ1) is 39.2. The van der Waals surface area contributed by atoms with E-state index in [9.17, 15) is 79.3 Å². The fraction of sp³-hybridized carbons (Fsp3) is 0.741. The number of hydrogen-bond acceptors (Lipinski definition) is 20. The van der Waals surface area contributed by atoms with Crippen molar-refractivity contribution in [3.05, 3.63) is 34.7 Å². The quantitative estimate of drug-likeness (QED) is 0.0282. The Kier molecular flexibility index (Phi) is 30.1. The zero-order valence-electron chi connectivity index (χ0n) is 48.1. The molecule has 83 heavy (non-hydrogen) atoms. The number of aromatic hydroxyl groups is 1. The van der Waals surface area contributed by atoms with Crippen LogP contribution in [0.2, 0.25) is 0 Å². The molecule has 3 fully saturated rings. The van der Waals surface area contributed by atoms with Crippen LogP contribution in [0.15, 0.2) is 29.6 Å². The van der Waals surface area contributed by atoms with Crippen LogP contribution < -0.4 is 38.1 Å². The molecule has 16 atom stereocenters. The van der Waals surface area contributed by atoms with E-state index in [2.05, 4.69) is 52.6 Å². The smallest absolute Gasteiger partial charge is 0.300 e. The highest BCUT2D eigenvalue weighted by Gasteiger charge is 2.49. The number of aliphatic hydroxyl groups is 7. The van der Waals surface area contributed by atoms with Crippen molar-refractivity contribution in [3.8, 4) is 5.75 Å². The Hall–Kier alpha value is -6.18. The summed E-state index contributed by atoms with van der Waals surface area (Å²) >= 11 is 0. The number of aliphatic carboxylic acids is 1. The summed E-state index contributed by atoms with van der Waals surface area (Å²) in [6.45, 7) is 6.94. The molecule has 0 saturated carbocycles. The number of carbonyl (C=O) groups excluding carboxylic acids is 7. The van der Waals surface area contributed by atoms with Crippen molar-refractivity contribution in [1.82, 2.24) is 41.4 Å². The molecule has 29 heteroatoms. The highest BCUT2D eigenvalue weighted by atomic mass is 16.4. The van der Waals surface area contributed by atoms with Gasteiger partial charge in [-0.2, -0.15) is 0 Å². The van der Waals surface area contributed by atoms with Crippen molar-refractivity contribution in [3.63, 3.8) is 0 Å². The van der Waals surface area contributed by atoms with Crippen LogP contribution in [-0.4, -0.2) is 220 Å². The Labute approximate surface area is 483 Å². The van der Waals surface area contributed by atoms with Gasteiger partial charge in [0.25, 0.3) is 5.97 Å². The molecule has 7 amide bonds. The van der Waals surface area contributed by atoms with Gasteiger partial charge in [-0.1, -0.05) is 77.8 Å². The maximum absolute atomic E-state index is 14.6. The largest absolute Gasteiger partial charge is 0.508 e. The molecule has 3 saturated heterocycles. The molecule has 3 aliphatic rings. The summed E-state index contributed by atoms with van der Waals surface area (Å²) < 4.78 is 0. The third-order valence-electron chi connectivity index (χ3n) is 15.1. The molecule has 3 aliphatic heterocycles. The Morgan fingerprint density at radius 1 is 0.747 bits per heavy atom. The van der Waals surface area contributed by atoms with E-state index < -0.39 is 165 Å². The maximum Gasteiger partial charge on any atom is 0.300 e. The van der Waals surface area contributed by atoms with E-state index in [-0.39, 0.29) is 43.7 Å². The molecule has 0 bridgehead atoms. The third kappa shape index (κ3) is 21.8. The molecule has 4 rings (SSSR count). The highest BCUT2D eigenvalue weighted by Crippen LogP contribution is 2.27. The van der Waals surface area contributed by atoms with Crippen LogP contribution in [0, 0.1) is 16.7 Å². The van der Waals surface area contributed by atoms with Crippen molar-refractivity contribution >= 4 is 47.3 Å². The number of fused-ring (bicyclic) bond motifs is 2. The molecule has 29 nitrogen and oxygen atoms in total. The van der Waals surface area contributed by atoms with E-state index in [1.807, 2.05) is 0 Å². The Balaban J connectivity index is 0.00000436. The van der Waals surface area contributed by atoms with E-state index >= 15 is 0 Å². The lowest BCUT2D eigenvalue weighted by Crippen LogP contribution is -2.65. The van der Waals surface area contributed by atoms with Gasteiger partial charge in [0.15, 0.2) is 0 Å². The van der Waals surface area contributed by atoms with Crippen LogP contribution in [0.1, 0.15) is 136 Å². The van der Waals surface area contributed by atoms with Crippen LogP contribution in [0.4, 0.5) is 0 Å². The van der Waals surface area contributed by atoms with E-state index in [0.29, 0.717) is 29.7 Å². The summed E-state index contributed by atoms with van der Waals surface area (Å²) in [5.41, 5.74) is 11.4. The first-order valence-electron chi connectivity index (χ1n) is 28.6. The maximum atomic E-state index is 14.6. The van der Waals surface area contributed by atoms with Crippen molar-refractivity contribution in [2.75, 3.05) is 32.7 Å². The van der Waals surface area contributed by atoms with Crippen LogP contribution in [0.25, 0.3) is 0 Å². The Morgan fingerprint density at radius 2 is 1.34 bits per heavy atom. The lowest BCUT2D eigenvalue weighted by Gasteiger charge is -2.36. The number of phenolic OH excluding ortho intramolecular Hbond substituents is 1. The first-order valence-corrected chi connectivity index (χ1v) is 28.6. The first kappa shape index (κ1) is 71.1. The minimum Gasteiger partial charge on any atom is -0.508 e. The fourth-order valence-corrected chi connectivity index (χ4v) is 10.4. The van der Waals surface area contributed by atoms with Gasteiger partial charge >= 0.3 is 0 Å². The van der Waals surface area contributed by atoms with Gasteiger partial charge in [0.1, 0.15) is 60.4 Å². The van der Waals surface area contributed by atoms with Crippen LogP contribution in [0.3, 0.4) is 0 Å². The van der Waals surface area contributed by atoms with Gasteiger partial charge in [-0.15, -0.1) is 4.91 Å². The third-order valence-corrected chi connectivity index (χ3v) is 15.1. The summed E-state index contributed by atoms with van der Waals surface area (Å²) in [5.74, 6) is -7.87. The van der Waals surface area contributed by atoms with Gasteiger partial charge in [0.2, 0.25) is 41.4 Å². The molecule has 3 heterocycles. The zero-order valence-corrected chi connectivity index (χ0v) is 48.1. The number of nitrogens with one attached hydrogen (secondary N) is 5. The molecular weight excluding hydrogens is 1090 g/mol. The Bertz CT molecular complexity index is 2270. The van der Waals surface area contributed by atoms with Gasteiger partial charge in [0, 0.05) is 45.8 Å². The van der Waals surface area contributed by atoms with Crippen molar-refractivity contribution < 1.29 is 84.3 Å². The topological polar surface area (TPSA) is 470 Å². The van der Waals surface area contributed by atoms with Gasteiger partial charge in [-0.25, -0.2) is 5.01 Å². The van der Waals surface area contributed by atoms with Crippen molar-refractivity contribution in [2.24, 2.45) is 28.6 Å². The summed E-state index contributed by atoms with van der Waals surface area (Å²) in [4.78, 5) is 124. The van der Waals surface area contributed by atoms with Crippen LogP contribution >= 0.6 is 0 Å². The SMILES string of the molecule is CC(=O)O.CC[C@H](C)C[C@H](C)CCCCCCCCC(=O)N[C@H]1C[C@@H](O)[C@@H](N(CCN)N=O)NC(=O)[C@@H]2[C@@H](O)CCN2C(=O)[C@H]([C@H](O)CCN)NC(=O)[C@H]([C@H](O)[C@@H](O)c2ccc(O)cc2)NC(=O)[C@@H]2C[C@@H](O)CN2C(=O)[C@H]([C@@H](C)O)NC1=O. The highest BCUT2D eigenvalue weighted by molar-refractivity contribution is 5.98. The predicted octanol–water partition coefficient (Wildman–Crippen LogP) is -2.83. The number of nitrogens with zero attached hydrogens (tertiary/aromatic N) is 4. The zero-order chi connectivity index (χ0) is 62.2. The molecule has 0 aliphatic carbocycles. The number of carbonyl (C=O) groups is 8. The standard InChI is InChI=1S/C52H87N11O16.C2H4O2/c1-5-28(2)24-29(3)12-10-8-6-7-9-11-13-39(70)55-34-26-38(69)46(63(60-79)23-21-54)59-50(76)43-37(68)19-22-61(43)52(78)41(36(67)18-20-53)57-49(75)42(45(72)44(71)31-14-16-32(65)17-15-31)58-48(74)35-25-33(66)27-62(35)51(77)40(30(4)64)56-47(34)73;1-2(3)4/h14-17,28-30,33-38,40-46,64-69,71-72H,5-13,18-27,53-54H2,1-4H3,(H,55,70)(H,56,73)(H,57,75)(H,58,74)(H,59,76);1H3,(H,3,4)/t28-,29+,30+,33+,34-,35-,36+,37-,38+,40-,41-,42-,43-,44-,45-,46+;/m0./s1. The van der Waals surface area contributed by atoms with Gasteiger partial charge in [0.05, 0.1) is 42.4 Å². The number of hydrogen-bond donors (Lipinski definition) is 16. The summed E-state index contributed by atoms with van der Waals surface area (Å²) in [5, 5.41) is 112. The number of nitroso groups, excluding NO2 is 1. The summed E-state index contributed by atoms with van der Waals surface area (Å²) in [7, 11) is 0. The number of phenols is 1. The molecule has 0 aromatic heterocycles. The average molecular weight is 1180 g/mol. The van der Waals surface area contributed by atoms with E-state index in [4.69, 9.17) is 21.4 Å². The number of unbranched alkanes of at least 4 members (excludes halogenated alkanes) is 5. The lowest BCUT2D eigenvalue weighted by atomic mass is 9.91. The second-order valence-electron chi connectivity index (χ2n) is 22.0. The van der Waals surface area contributed by atoms with Crippen molar-refractivity contribution in [1.29, 1.82) is 0 Å². The second kappa shape index (κ2) is 35.2. The summed E-state index contributed by atoms with van der Waals surface area (Å²) in [6, 6.07) is -6.97. The molecule has 470 valence electrons. The van der Waals surface area contributed by atoms with E-state index in [1.54, 1.807) is 0 Å². The number of rotatable bonds is 24. The number of aliphatic hydroxyl groups excluding tert-OH is 7. The fourth-order valence-electron chi connectivity index (χ4n) is 10.4. The Morgan fingerprint density at radius 3 is 1.93 bits per heavy atom. The minimum absolute atomic E-state index is 0.0830. The average Bonchev–Trinajstić information content (AvgIpc) is 4.30. The van der Waals surface area contributed by atoms with Gasteiger partial charge < -0.3 is 93.8 Å². The molecule has 0 spiro atoms.